The number of hydrogen-bond donors (Lipinski definition) is 0. The molecule has 4 aliphatic rings. The summed E-state index contributed by atoms with van der Waals surface area (Å²) in [7, 11) is -5.57. The highest BCUT2D eigenvalue weighted by Crippen LogP contribution is 2.51. The molecule has 290 valence electrons. The molecule has 56 heavy (non-hydrogen) atoms. The van der Waals surface area contributed by atoms with Crippen molar-refractivity contribution < 1.29 is 8.85 Å². The first kappa shape index (κ1) is 38.7. The molecule has 4 aromatic rings. The Morgan fingerprint density at radius 1 is 0.429 bits per heavy atom. The molecule has 0 heterocycles. The van der Waals surface area contributed by atoms with Crippen LogP contribution in [0.4, 0.5) is 0 Å². The Morgan fingerprint density at radius 2 is 0.714 bits per heavy atom. The molecule has 0 saturated heterocycles. The van der Waals surface area contributed by atoms with Gasteiger partial charge in [0.2, 0.25) is 0 Å². The van der Waals surface area contributed by atoms with Crippen molar-refractivity contribution in [3.05, 3.63) is 167 Å². The molecular formula is C52H62O2Si2. The van der Waals surface area contributed by atoms with Crippen molar-refractivity contribution in [2.45, 2.75) is 116 Å². The summed E-state index contributed by atoms with van der Waals surface area (Å²) in [6.45, 7) is 14.5. The summed E-state index contributed by atoms with van der Waals surface area (Å²) in [5.74, 6) is 3.05. The molecule has 0 N–H and O–H groups in total. The predicted octanol–water partition coefficient (Wildman–Crippen LogP) is 11.7. The number of rotatable bonds is 11. The molecule has 2 nitrogen and oxygen atoms in total. The van der Waals surface area contributed by atoms with Gasteiger partial charge in [0.05, 0.1) is 11.5 Å². The van der Waals surface area contributed by atoms with Crippen molar-refractivity contribution in [1.29, 1.82) is 0 Å². The first-order valence-electron chi connectivity index (χ1n) is 21.5. The van der Waals surface area contributed by atoms with Gasteiger partial charge in [-0.1, -0.05) is 174 Å². The Bertz CT molecular complexity index is 1880. The summed E-state index contributed by atoms with van der Waals surface area (Å²) < 4.78 is 15.9. The van der Waals surface area contributed by atoms with Crippen LogP contribution in [0.1, 0.15) is 106 Å². The SMILES string of the molecule is CC(C)(C)[Si](OC1=CC2=C(CCCC2)C1CCC1C(O[Si](c2ccccc2)(c2ccccc2)C(C)(C)C)=CC2=C1CCCC2)(c1ccccc1)c1ccccc1. The van der Waals surface area contributed by atoms with Crippen molar-refractivity contribution in [3.63, 3.8) is 0 Å². The molecule has 2 atom stereocenters. The van der Waals surface area contributed by atoms with Crippen LogP contribution in [0.15, 0.2) is 167 Å². The van der Waals surface area contributed by atoms with Crippen LogP contribution in [0.25, 0.3) is 0 Å². The number of benzene rings is 4. The Kier molecular flexibility index (Phi) is 10.8. The lowest BCUT2D eigenvalue weighted by Gasteiger charge is -2.45. The molecule has 4 aliphatic carbocycles. The smallest absolute Gasteiger partial charge is 0.319 e. The zero-order valence-corrected chi connectivity index (χ0v) is 36.7. The fourth-order valence-corrected chi connectivity index (χ4v) is 19.7. The van der Waals surface area contributed by atoms with E-state index in [9.17, 15) is 0 Å². The van der Waals surface area contributed by atoms with E-state index >= 15 is 0 Å². The molecule has 8 rings (SSSR count). The third-order valence-corrected chi connectivity index (χ3v) is 23.3. The van der Waals surface area contributed by atoms with Crippen molar-refractivity contribution in [3.8, 4) is 0 Å². The highest BCUT2D eigenvalue weighted by Gasteiger charge is 2.55. The van der Waals surface area contributed by atoms with Crippen molar-refractivity contribution in [2.24, 2.45) is 11.8 Å². The van der Waals surface area contributed by atoms with E-state index in [-0.39, 0.29) is 10.1 Å². The minimum atomic E-state index is -2.79. The standard InChI is InChI=1S/C52H62O2Si2/c1-51(2,3)55(41-25-11-7-12-26-41,42-27-13-8-14-28-42)53-49-37-39-23-19-21-33-45(39)47(49)35-36-48-46-34-22-20-24-40(46)38-50(48)54-56(52(4,5)6,43-29-15-9-16-30-43)44-31-17-10-18-32-44/h7-18,25-32,37-38,47-48H,19-24,33-36H2,1-6H3. The fourth-order valence-electron chi connectivity index (χ4n) is 10.7. The van der Waals surface area contributed by atoms with E-state index in [1.54, 1.807) is 22.3 Å². The van der Waals surface area contributed by atoms with E-state index in [1.807, 2.05) is 0 Å². The molecule has 4 aromatic carbocycles. The van der Waals surface area contributed by atoms with Crippen LogP contribution < -0.4 is 20.7 Å². The van der Waals surface area contributed by atoms with Crippen LogP contribution in [0.2, 0.25) is 10.1 Å². The predicted molar refractivity (Wildman–Crippen MR) is 241 cm³/mol. The summed E-state index contributed by atoms with van der Waals surface area (Å²) in [4.78, 5) is 0. The second-order valence-electron chi connectivity index (χ2n) is 18.8. The van der Waals surface area contributed by atoms with Crippen LogP contribution >= 0.6 is 0 Å². The first-order valence-corrected chi connectivity index (χ1v) is 25.3. The van der Waals surface area contributed by atoms with Crippen LogP contribution in [0, 0.1) is 11.8 Å². The van der Waals surface area contributed by atoms with Gasteiger partial charge in [-0.25, -0.2) is 0 Å². The van der Waals surface area contributed by atoms with E-state index in [1.165, 1.54) is 83.6 Å². The van der Waals surface area contributed by atoms with Gasteiger partial charge in [-0.3, -0.25) is 0 Å². The van der Waals surface area contributed by atoms with E-state index < -0.39 is 16.6 Å². The van der Waals surface area contributed by atoms with Crippen molar-refractivity contribution in [1.82, 2.24) is 0 Å². The van der Waals surface area contributed by atoms with Crippen LogP contribution in [-0.4, -0.2) is 16.6 Å². The van der Waals surface area contributed by atoms with Crippen molar-refractivity contribution in [2.75, 3.05) is 0 Å². The van der Waals surface area contributed by atoms with E-state index in [0.29, 0.717) is 11.8 Å². The largest absolute Gasteiger partial charge is 0.537 e. The lowest BCUT2D eigenvalue weighted by Crippen LogP contribution is -2.66. The van der Waals surface area contributed by atoms with Crippen LogP contribution in [0.5, 0.6) is 0 Å². The second kappa shape index (κ2) is 15.7. The maximum Gasteiger partial charge on any atom is 0.319 e. The average molecular weight is 775 g/mol. The first-order chi connectivity index (χ1) is 27.0. The third kappa shape index (κ3) is 6.96. The minimum absolute atomic E-state index is 0.0863. The van der Waals surface area contributed by atoms with E-state index in [0.717, 1.165) is 12.8 Å². The lowest BCUT2D eigenvalue weighted by molar-refractivity contribution is 0.308. The minimum Gasteiger partial charge on any atom is -0.537 e. The normalized spacial score (nSPS) is 20.3. The highest BCUT2D eigenvalue weighted by molar-refractivity contribution is 7.00. The van der Waals surface area contributed by atoms with Gasteiger partial charge in [-0.2, -0.15) is 0 Å². The Hall–Kier alpha value is -4.13. The molecule has 0 aliphatic heterocycles. The Labute approximate surface area is 339 Å². The molecule has 0 aromatic heterocycles. The van der Waals surface area contributed by atoms with Gasteiger partial charge in [0, 0.05) is 11.8 Å². The molecule has 0 spiro atoms. The van der Waals surface area contributed by atoms with Gasteiger partial charge < -0.3 is 8.85 Å². The van der Waals surface area contributed by atoms with Gasteiger partial charge in [0.15, 0.2) is 0 Å². The van der Waals surface area contributed by atoms with Gasteiger partial charge in [-0.05, 0) is 118 Å². The van der Waals surface area contributed by atoms with Crippen LogP contribution in [0.3, 0.4) is 0 Å². The van der Waals surface area contributed by atoms with E-state index in [4.69, 9.17) is 8.85 Å². The zero-order valence-electron chi connectivity index (χ0n) is 34.7. The van der Waals surface area contributed by atoms with E-state index in [2.05, 4.69) is 175 Å². The summed E-state index contributed by atoms with van der Waals surface area (Å²) in [6, 6.07) is 44.8. The molecule has 2 unspecified atom stereocenters. The average Bonchev–Trinajstić information content (AvgIpc) is 3.74. The summed E-state index contributed by atoms with van der Waals surface area (Å²) >= 11 is 0. The summed E-state index contributed by atoms with van der Waals surface area (Å²) in [5, 5.41) is 5.22. The monoisotopic (exact) mass is 774 g/mol. The van der Waals surface area contributed by atoms with Gasteiger partial charge in [0.1, 0.15) is 0 Å². The Morgan fingerprint density at radius 3 is 1.00 bits per heavy atom. The second-order valence-corrected chi connectivity index (χ2v) is 27.3. The summed E-state index contributed by atoms with van der Waals surface area (Å²) in [5.41, 5.74) is 6.41. The van der Waals surface area contributed by atoms with Crippen molar-refractivity contribution >= 4 is 37.4 Å². The number of allylic oxidation sites excluding steroid dienone is 6. The molecule has 4 heteroatoms. The van der Waals surface area contributed by atoms with Gasteiger partial charge in [-0.15, -0.1) is 0 Å². The molecule has 0 saturated carbocycles. The highest BCUT2D eigenvalue weighted by atomic mass is 28.4. The van der Waals surface area contributed by atoms with Gasteiger partial charge in [0.25, 0.3) is 0 Å². The lowest BCUT2D eigenvalue weighted by atomic mass is 9.81. The molecule has 0 amide bonds. The molecule has 0 fully saturated rings. The zero-order chi connectivity index (χ0) is 39.0. The molecule has 0 radical (unpaired) electrons. The quantitative estimate of drug-likeness (QED) is 0.141. The van der Waals surface area contributed by atoms with Gasteiger partial charge >= 0.3 is 16.6 Å². The topological polar surface area (TPSA) is 18.5 Å². The molecular weight excluding hydrogens is 713 g/mol. The molecule has 0 bridgehead atoms. The fraction of sp³-hybridized carbons (Fsp3) is 0.385. The number of hydrogen-bond acceptors (Lipinski definition) is 2. The van der Waals surface area contributed by atoms with Crippen LogP contribution in [-0.2, 0) is 8.85 Å². The third-order valence-electron chi connectivity index (χ3n) is 13.4. The Balaban J connectivity index is 1.18. The summed E-state index contributed by atoms with van der Waals surface area (Å²) in [6.07, 6.45) is 17.0. The maximum absolute atomic E-state index is 7.94. The maximum atomic E-state index is 7.94.